The van der Waals surface area contributed by atoms with Crippen LogP contribution in [0, 0.1) is 0 Å². The summed E-state index contributed by atoms with van der Waals surface area (Å²) in [4.78, 5) is 1.29. The highest BCUT2D eigenvalue weighted by Crippen LogP contribution is 2.35. The van der Waals surface area contributed by atoms with E-state index in [1.54, 1.807) is 0 Å². The van der Waals surface area contributed by atoms with Crippen LogP contribution < -0.4 is 5.73 Å². The van der Waals surface area contributed by atoms with E-state index in [0.29, 0.717) is 6.04 Å². The Morgan fingerprint density at radius 1 is 1.23 bits per heavy atom. The van der Waals surface area contributed by atoms with Gasteiger partial charge in [0.1, 0.15) is 0 Å². The normalized spacial score (nSPS) is 26.9. The van der Waals surface area contributed by atoms with Crippen molar-refractivity contribution in [2.75, 3.05) is 0 Å². The molecule has 0 unspecified atom stereocenters. The fourth-order valence-corrected chi connectivity index (χ4v) is 2.90. The first-order valence-corrected chi connectivity index (χ1v) is 5.67. The Morgan fingerprint density at radius 3 is 2.38 bits per heavy atom. The third-order valence-electron chi connectivity index (χ3n) is 2.25. The first-order chi connectivity index (χ1) is 6.24. The van der Waals surface area contributed by atoms with Gasteiger partial charge in [0, 0.05) is 21.2 Å². The zero-order valence-corrected chi connectivity index (χ0v) is 8.81. The van der Waals surface area contributed by atoms with Crippen molar-refractivity contribution in [1.29, 1.82) is 0 Å². The molecule has 0 spiro atoms. The summed E-state index contributed by atoms with van der Waals surface area (Å²) in [6, 6.07) is 8.43. The van der Waals surface area contributed by atoms with E-state index in [9.17, 15) is 0 Å². The first-order valence-electron chi connectivity index (χ1n) is 4.42. The van der Waals surface area contributed by atoms with E-state index >= 15 is 0 Å². The SMILES string of the molecule is NC1CC(Sc2ccc(Cl)cc2)C1. The maximum absolute atomic E-state index is 5.79. The third kappa shape index (κ3) is 2.39. The van der Waals surface area contributed by atoms with E-state index in [-0.39, 0.29) is 0 Å². The standard InChI is InChI=1S/C10H12ClNS/c11-7-1-3-9(4-2-7)13-10-5-8(12)6-10/h1-4,8,10H,5-6,12H2. The zero-order valence-electron chi connectivity index (χ0n) is 7.24. The van der Waals surface area contributed by atoms with Gasteiger partial charge in [-0.05, 0) is 37.1 Å². The Bertz CT molecular complexity index is 279. The van der Waals surface area contributed by atoms with Crippen LogP contribution in [0.4, 0.5) is 0 Å². The third-order valence-corrected chi connectivity index (χ3v) is 3.76. The van der Waals surface area contributed by atoms with Crippen LogP contribution in [0.2, 0.25) is 5.02 Å². The smallest absolute Gasteiger partial charge is 0.0406 e. The molecular weight excluding hydrogens is 202 g/mol. The maximum Gasteiger partial charge on any atom is 0.0406 e. The second-order valence-electron chi connectivity index (χ2n) is 3.43. The molecule has 1 aliphatic carbocycles. The van der Waals surface area contributed by atoms with E-state index in [1.165, 1.54) is 4.90 Å². The van der Waals surface area contributed by atoms with E-state index < -0.39 is 0 Å². The van der Waals surface area contributed by atoms with Crippen molar-refractivity contribution in [2.45, 2.75) is 29.0 Å². The number of hydrogen-bond acceptors (Lipinski definition) is 2. The van der Waals surface area contributed by atoms with Crippen molar-refractivity contribution >= 4 is 23.4 Å². The summed E-state index contributed by atoms with van der Waals surface area (Å²) >= 11 is 7.69. The summed E-state index contributed by atoms with van der Waals surface area (Å²) in [6.45, 7) is 0. The van der Waals surface area contributed by atoms with Crippen LogP contribution in [0.5, 0.6) is 0 Å². The summed E-state index contributed by atoms with van der Waals surface area (Å²) in [5, 5.41) is 1.52. The fourth-order valence-electron chi connectivity index (χ4n) is 1.41. The molecule has 0 atom stereocenters. The predicted octanol–water partition coefficient (Wildman–Crippen LogP) is 2.92. The summed E-state index contributed by atoms with van der Waals surface area (Å²) < 4.78 is 0. The van der Waals surface area contributed by atoms with Crippen LogP contribution in [0.1, 0.15) is 12.8 Å². The van der Waals surface area contributed by atoms with Gasteiger partial charge in [-0.15, -0.1) is 11.8 Å². The van der Waals surface area contributed by atoms with Gasteiger partial charge in [0.05, 0.1) is 0 Å². The Balaban J connectivity index is 1.91. The molecule has 0 saturated heterocycles. The molecule has 1 aromatic rings. The van der Waals surface area contributed by atoms with Gasteiger partial charge in [0.25, 0.3) is 0 Å². The van der Waals surface area contributed by atoms with E-state index in [4.69, 9.17) is 17.3 Å². The van der Waals surface area contributed by atoms with E-state index in [0.717, 1.165) is 23.1 Å². The molecule has 1 aromatic carbocycles. The molecule has 1 nitrogen and oxygen atoms in total. The van der Waals surface area contributed by atoms with Crippen LogP contribution in [0.15, 0.2) is 29.2 Å². The molecule has 2 rings (SSSR count). The molecule has 2 N–H and O–H groups in total. The number of hydrogen-bond donors (Lipinski definition) is 1. The lowest BCUT2D eigenvalue weighted by molar-refractivity contribution is 0.433. The number of rotatable bonds is 2. The highest BCUT2D eigenvalue weighted by atomic mass is 35.5. The van der Waals surface area contributed by atoms with Gasteiger partial charge in [-0.3, -0.25) is 0 Å². The number of nitrogens with two attached hydrogens (primary N) is 1. The molecule has 1 fully saturated rings. The molecule has 0 heterocycles. The number of thioether (sulfide) groups is 1. The lowest BCUT2D eigenvalue weighted by Gasteiger charge is -2.31. The highest BCUT2D eigenvalue weighted by Gasteiger charge is 2.26. The van der Waals surface area contributed by atoms with Gasteiger partial charge in [0.15, 0.2) is 0 Å². The lowest BCUT2D eigenvalue weighted by Crippen LogP contribution is -2.38. The van der Waals surface area contributed by atoms with Crippen molar-refractivity contribution in [1.82, 2.24) is 0 Å². The average Bonchev–Trinajstić information content (AvgIpc) is 2.06. The topological polar surface area (TPSA) is 26.0 Å². The van der Waals surface area contributed by atoms with Crippen molar-refractivity contribution in [3.05, 3.63) is 29.3 Å². The summed E-state index contributed by atoms with van der Waals surface area (Å²) in [7, 11) is 0. The Hall–Kier alpha value is -0.180. The van der Waals surface area contributed by atoms with E-state index in [2.05, 4.69) is 12.1 Å². The van der Waals surface area contributed by atoms with Crippen LogP contribution in [-0.4, -0.2) is 11.3 Å². The molecule has 1 aliphatic rings. The van der Waals surface area contributed by atoms with Gasteiger partial charge >= 0.3 is 0 Å². The minimum Gasteiger partial charge on any atom is -0.328 e. The van der Waals surface area contributed by atoms with Gasteiger partial charge in [-0.2, -0.15) is 0 Å². The molecule has 70 valence electrons. The van der Waals surface area contributed by atoms with Crippen molar-refractivity contribution < 1.29 is 0 Å². The summed E-state index contributed by atoms with van der Waals surface area (Å²) in [6.07, 6.45) is 2.29. The lowest BCUT2D eigenvalue weighted by atomic mass is 9.94. The molecule has 0 aliphatic heterocycles. The minimum absolute atomic E-state index is 0.435. The predicted molar refractivity (Wildman–Crippen MR) is 58.3 cm³/mol. The second-order valence-corrected chi connectivity index (χ2v) is 5.24. The minimum atomic E-state index is 0.435. The monoisotopic (exact) mass is 213 g/mol. The van der Waals surface area contributed by atoms with Crippen LogP contribution >= 0.6 is 23.4 Å². The average molecular weight is 214 g/mol. The number of halogens is 1. The summed E-state index contributed by atoms with van der Waals surface area (Å²) in [5.41, 5.74) is 5.71. The van der Waals surface area contributed by atoms with Crippen LogP contribution in [0.25, 0.3) is 0 Å². The van der Waals surface area contributed by atoms with Gasteiger partial charge in [0.2, 0.25) is 0 Å². The zero-order chi connectivity index (χ0) is 9.26. The number of benzene rings is 1. The van der Waals surface area contributed by atoms with Gasteiger partial charge < -0.3 is 5.73 Å². The van der Waals surface area contributed by atoms with E-state index in [1.807, 2.05) is 23.9 Å². The molecule has 0 bridgehead atoms. The summed E-state index contributed by atoms with van der Waals surface area (Å²) in [5.74, 6) is 0. The first kappa shape index (κ1) is 9.38. The molecule has 3 heteroatoms. The van der Waals surface area contributed by atoms with Gasteiger partial charge in [-0.25, -0.2) is 0 Å². The largest absolute Gasteiger partial charge is 0.328 e. The molecule has 13 heavy (non-hydrogen) atoms. The second kappa shape index (κ2) is 3.91. The van der Waals surface area contributed by atoms with Crippen LogP contribution in [0.3, 0.4) is 0 Å². The van der Waals surface area contributed by atoms with Crippen LogP contribution in [-0.2, 0) is 0 Å². The quantitative estimate of drug-likeness (QED) is 0.818. The Kier molecular flexibility index (Phi) is 2.82. The van der Waals surface area contributed by atoms with Crippen molar-refractivity contribution in [2.24, 2.45) is 5.73 Å². The maximum atomic E-state index is 5.79. The Morgan fingerprint density at radius 2 is 1.85 bits per heavy atom. The highest BCUT2D eigenvalue weighted by molar-refractivity contribution is 8.00. The molecular formula is C10H12ClNS. The molecule has 0 radical (unpaired) electrons. The molecule has 1 saturated carbocycles. The van der Waals surface area contributed by atoms with Crippen molar-refractivity contribution in [3.63, 3.8) is 0 Å². The Labute approximate surface area is 87.7 Å². The molecule has 0 amide bonds. The van der Waals surface area contributed by atoms with Crippen molar-refractivity contribution in [3.8, 4) is 0 Å². The fraction of sp³-hybridized carbons (Fsp3) is 0.400. The molecule has 0 aromatic heterocycles. The van der Waals surface area contributed by atoms with Gasteiger partial charge in [-0.1, -0.05) is 11.6 Å².